The minimum atomic E-state index is -0.897. The minimum absolute atomic E-state index is 0.0802. The van der Waals surface area contributed by atoms with Crippen LogP contribution in [0.25, 0.3) is 10.2 Å². The Balaban J connectivity index is 1.65. The van der Waals surface area contributed by atoms with Crippen LogP contribution in [0.5, 0.6) is 0 Å². The van der Waals surface area contributed by atoms with E-state index in [2.05, 4.69) is 15.6 Å². The van der Waals surface area contributed by atoms with Crippen molar-refractivity contribution in [1.29, 1.82) is 0 Å². The molecule has 0 aliphatic carbocycles. The maximum atomic E-state index is 12.9. The average molecular weight is 471 g/mol. The lowest BCUT2D eigenvalue weighted by molar-refractivity contribution is -0.139. The van der Waals surface area contributed by atoms with Gasteiger partial charge in [0.1, 0.15) is 28.1 Å². The molecule has 10 nitrogen and oxygen atoms in total. The monoisotopic (exact) mass is 470 g/mol. The molecule has 3 aromatic heterocycles. The second-order valence-corrected chi connectivity index (χ2v) is 8.34. The number of aromatic nitrogens is 1. The summed E-state index contributed by atoms with van der Waals surface area (Å²) in [4.78, 5) is 43.1. The lowest BCUT2D eigenvalue weighted by Gasteiger charge is -2.27. The summed E-state index contributed by atoms with van der Waals surface area (Å²) in [5, 5.41) is 5.86. The number of ether oxygens (including phenoxy) is 2. The van der Waals surface area contributed by atoms with Gasteiger partial charge in [-0.05, 0) is 44.5 Å². The third-order valence-electron chi connectivity index (χ3n) is 5.03. The molecule has 0 aromatic carbocycles. The highest BCUT2D eigenvalue weighted by molar-refractivity contribution is 7.21. The second kappa shape index (κ2) is 8.94. The van der Waals surface area contributed by atoms with Crippen LogP contribution in [0, 0.1) is 13.8 Å². The fourth-order valence-corrected chi connectivity index (χ4v) is 4.78. The maximum Gasteiger partial charge on any atom is 0.350 e. The van der Waals surface area contributed by atoms with Crippen LogP contribution in [0.1, 0.15) is 39.7 Å². The molecule has 1 atom stereocenters. The highest BCUT2D eigenvalue weighted by Crippen LogP contribution is 2.35. The van der Waals surface area contributed by atoms with Crippen molar-refractivity contribution in [2.24, 2.45) is 0 Å². The van der Waals surface area contributed by atoms with Crippen LogP contribution >= 0.6 is 11.3 Å². The van der Waals surface area contributed by atoms with E-state index in [1.54, 1.807) is 19.1 Å². The number of fused-ring (bicyclic) bond motifs is 1. The van der Waals surface area contributed by atoms with Crippen LogP contribution < -0.4 is 16.4 Å². The fourth-order valence-electron chi connectivity index (χ4n) is 3.67. The maximum absolute atomic E-state index is 12.9. The molecule has 11 heteroatoms. The van der Waals surface area contributed by atoms with Crippen LogP contribution in [0.15, 0.2) is 40.1 Å². The van der Waals surface area contributed by atoms with Gasteiger partial charge < -0.3 is 30.3 Å². The molecule has 3 aromatic rings. The van der Waals surface area contributed by atoms with Crippen molar-refractivity contribution in [3.63, 3.8) is 0 Å². The van der Waals surface area contributed by atoms with E-state index >= 15 is 0 Å². The number of nitrogens with zero attached hydrogens (tertiary/aromatic N) is 1. The number of aryl methyl sites for hydroxylation is 2. The number of esters is 2. The average Bonchev–Trinajstić information content (AvgIpc) is 3.40. The van der Waals surface area contributed by atoms with E-state index in [0.717, 1.165) is 22.6 Å². The molecular weight excluding hydrogens is 448 g/mol. The van der Waals surface area contributed by atoms with E-state index in [0.29, 0.717) is 16.0 Å². The van der Waals surface area contributed by atoms with Crippen LogP contribution in [-0.4, -0.2) is 36.2 Å². The summed E-state index contributed by atoms with van der Waals surface area (Å²) in [5.41, 5.74) is 8.39. The van der Waals surface area contributed by atoms with Crippen molar-refractivity contribution in [3.05, 3.63) is 57.6 Å². The van der Waals surface area contributed by atoms with Crippen LogP contribution in [-0.2, 0) is 14.3 Å². The third-order valence-corrected chi connectivity index (χ3v) is 6.11. The van der Waals surface area contributed by atoms with Gasteiger partial charge in [-0.3, -0.25) is 0 Å². The Kier molecular flexibility index (Phi) is 6.05. The standard InChI is InChI=1S/C22H22N4O6S/c1-4-30-20(27)15-12(25-22(29)26-17(15)13-6-5-7-31-13)9-32-21(28)18-16(23)14-10(2)8-11(3)24-19(14)33-18/h5-8,17H,4,9,23H2,1-3H3,(H2,25,26,29). The number of nitrogens with two attached hydrogens (primary N) is 1. The Morgan fingerprint density at radius 2 is 2.06 bits per heavy atom. The van der Waals surface area contributed by atoms with Gasteiger partial charge in [0.25, 0.3) is 0 Å². The van der Waals surface area contributed by atoms with Gasteiger partial charge in [0.2, 0.25) is 0 Å². The number of anilines is 1. The lowest BCUT2D eigenvalue weighted by atomic mass is 10.0. The molecule has 4 rings (SSSR count). The molecule has 1 unspecified atom stereocenters. The first-order valence-electron chi connectivity index (χ1n) is 10.1. The van der Waals surface area contributed by atoms with Crippen LogP contribution in [0.3, 0.4) is 0 Å². The van der Waals surface area contributed by atoms with Crippen molar-refractivity contribution >= 4 is 45.2 Å². The number of pyridine rings is 1. The Morgan fingerprint density at radius 3 is 2.76 bits per heavy atom. The van der Waals surface area contributed by atoms with E-state index in [1.165, 1.54) is 6.26 Å². The second-order valence-electron chi connectivity index (χ2n) is 7.34. The molecule has 0 saturated heterocycles. The first-order valence-corrected chi connectivity index (χ1v) is 11.0. The number of furan rings is 1. The first-order chi connectivity index (χ1) is 15.8. The van der Waals surface area contributed by atoms with Gasteiger partial charge in [0.15, 0.2) is 0 Å². The Morgan fingerprint density at radius 1 is 1.27 bits per heavy atom. The molecule has 0 fully saturated rings. The number of nitrogen functional groups attached to an aromatic ring is 1. The van der Waals surface area contributed by atoms with Gasteiger partial charge in [-0.2, -0.15) is 0 Å². The summed E-state index contributed by atoms with van der Waals surface area (Å²) < 4.78 is 16.0. The summed E-state index contributed by atoms with van der Waals surface area (Å²) in [6.45, 7) is 5.16. The van der Waals surface area contributed by atoms with E-state index in [9.17, 15) is 14.4 Å². The normalized spacial score (nSPS) is 15.8. The Labute approximate surface area is 192 Å². The molecule has 0 saturated carbocycles. The van der Waals surface area contributed by atoms with Crippen LogP contribution in [0.4, 0.5) is 10.5 Å². The third kappa shape index (κ3) is 4.27. The summed E-state index contributed by atoms with van der Waals surface area (Å²) in [6, 6.07) is 3.66. The molecule has 172 valence electrons. The topological polar surface area (TPSA) is 146 Å². The van der Waals surface area contributed by atoms with Crippen LogP contribution in [0.2, 0.25) is 0 Å². The van der Waals surface area contributed by atoms with E-state index < -0.39 is 24.0 Å². The van der Waals surface area contributed by atoms with E-state index in [1.807, 2.05) is 19.9 Å². The predicted molar refractivity (Wildman–Crippen MR) is 121 cm³/mol. The summed E-state index contributed by atoms with van der Waals surface area (Å²) in [6.07, 6.45) is 1.42. The zero-order chi connectivity index (χ0) is 23.7. The van der Waals surface area contributed by atoms with Gasteiger partial charge in [0.05, 0.1) is 29.8 Å². The first kappa shape index (κ1) is 22.3. The van der Waals surface area contributed by atoms with Gasteiger partial charge in [0, 0.05) is 11.1 Å². The number of hydrogen-bond acceptors (Lipinski definition) is 9. The zero-order valence-corrected chi connectivity index (χ0v) is 19.0. The van der Waals surface area contributed by atoms with Gasteiger partial charge in [-0.1, -0.05) is 0 Å². The number of rotatable bonds is 6. The Bertz CT molecular complexity index is 1280. The molecule has 0 spiro atoms. The number of thiophene rings is 1. The zero-order valence-electron chi connectivity index (χ0n) is 18.2. The number of urea groups is 1. The number of carbonyl (C=O) groups is 3. The number of nitrogens with one attached hydrogen (secondary N) is 2. The summed E-state index contributed by atoms with van der Waals surface area (Å²) in [5.74, 6) is -1.03. The smallest absolute Gasteiger partial charge is 0.350 e. The lowest BCUT2D eigenvalue weighted by Crippen LogP contribution is -2.47. The predicted octanol–water partition coefficient (Wildman–Crippen LogP) is 3.12. The summed E-state index contributed by atoms with van der Waals surface area (Å²) in [7, 11) is 0. The van der Waals surface area contributed by atoms with Gasteiger partial charge >= 0.3 is 18.0 Å². The van der Waals surface area contributed by atoms with Crippen molar-refractivity contribution in [2.75, 3.05) is 18.9 Å². The Hall–Kier alpha value is -3.86. The molecule has 1 aliphatic heterocycles. The van der Waals surface area contributed by atoms with Crippen molar-refractivity contribution < 1.29 is 28.3 Å². The largest absolute Gasteiger partial charge is 0.467 e. The highest BCUT2D eigenvalue weighted by atomic mass is 32.1. The van der Waals surface area contributed by atoms with Gasteiger partial charge in [-0.25, -0.2) is 19.4 Å². The number of hydrogen-bond donors (Lipinski definition) is 3. The van der Waals surface area contributed by atoms with Crippen molar-refractivity contribution in [1.82, 2.24) is 15.6 Å². The highest BCUT2D eigenvalue weighted by Gasteiger charge is 2.36. The molecule has 4 N–H and O–H groups in total. The van der Waals surface area contributed by atoms with Gasteiger partial charge in [-0.15, -0.1) is 11.3 Å². The summed E-state index contributed by atoms with van der Waals surface area (Å²) >= 11 is 1.13. The molecule has 0 radical (unpaired) electrons. The molecule has 2 amide bonds. The van der Waals surface area contributed by atoms with Crippen molar-refractivity contribution in [2.45, 2.75) is 26.8 Å². The molecule has 4 heterocycles. The van der Waals surface area contributed by atoms with E-state index in [4.69, 9.17) is 19.6 Å². The quantitative estimate of drug-likeness (QED) is 0.466. The molecule has 33 heavy (non-hydrogen) atoms. The molecular formula is C22H22N4O6S. The number of carbonyl (C=O) groups excluding carboxylic acids is 3. The van der Waals surface area contributed by atoms with E-state index in [-0.39, 0.29) is 35.0 Å². The van der Waals surface area contributed by atoms with Crippen molar-refractivity contribution in [3.8, 4) is 0 Å². The number of amides is 2. The minimum Gasteiger partial charge on any atom is -0.467 e. The fraction of sp³-hybridized carbons (Fsp3) is 0.273. The molecule has 1 aliphatic rings. The SMILES string of the molecule is CCOC(=O)C1=C(COC(=O)c2sc3nc(C)cc(C)c3c2N)NC(=O)NC1c1ccco1. The molecule has 0 bridgehead atoms.